The summed E-state index contributed by atoms with van der Waals surface area (Å²) in [6.07, 6.45) is 2.56. The molecule has 0 spiro atoms. The van der Waals surface area contributed by atoms with Gasteiger partial charge in [-0.1, -0.05) is 30.4 Å². The van der Waals surface area contributed by atoms with E-state index in [1.54, 1.807) is 18.2 Å². The Kier molecular flexibility index (Phi) is 3.06. The summed E-state index contributed by atoms with van der Waals surface area (Å²) in [5.41, 5.74) is 1.64. The number of carboxylic acid groups (broad SMARTS) is 1. The topological polar surface area (TPSA) is 75.6 Å². The van der Waals surface area contributed by atoms with Crippen molar-refractivity contribution in [3.63, 3.8) is 0 Å². The minimum Gasteiger partial charge on any atom is -0.481 e. The van der Waals surface area contributed by atoms with Crippen molar-refractivity contribution < 1.29 is 19.4 Å². The molecule has 0 aromatic heterocycles. The molecule has 2 N–H and O–H groups in total. The average molecular weight is 273 g/mol. The highest BCUT2D eigenvalue weighted by Gasteiger charge is 2.53. The van der Waals surface area contributed by atoms with Crippen molar-refractivity contribution in [3.05, 3.63) is 42.0 Å². The maximum absolute atomic E-state index is 12.4. The molecule has 1 fully saturated rings. The van der Waals surface area contributed by atoms with Crippen LogP contribution in [0.25, 0.3) is 0 Å². The molecule has 5 nitrogen and oxygen atoms in total. The fraction of sp³-hybridized carbons (Fsp3) is 0.333. The minimum absolute atomic E-state index is 0.302. The highest BCUT2D eigenvalue weighted by atomic mass is 16.5. The first-order valence-corrected chi connectivity index (χ1v) is 6.51. The van der Waals surface area contributed by atoms with Crippen LogP contribution in [0.5, 0.6) is 0 Å². The summed E-state index contributed by atoms with van der Waals surface area (Å²) in [6, 6.07) is 7.40. The molecule has 2 aliphatic heterocycles. The summed E-state index contributed by atoms with van der Waals surface area (Å²) >= 11 is 0. The van der Waals surface area contributed by atoms with Gasteiger partial charge in [0.05, 0.1) is 18.1 Å². The van der Waals surface area contributed by atoms with E-state index in [0.717, 1.165) is 5.56 Å². The highest BCUT2D eigenvalue weighted by molar-refractivity contribution is 5.97. The number of hydrogen-bond donors (Lipinski definition) is 2. The lowest BCUT2D eigenvalue weighted by atomic mass is 9.82. The van der Waals surface area contributed by atoms with Gasteiger partial charge in [0.15, 0.2) is 0 Å². The predicted octanol–water partition coefficient (Wildman–Crippen LogP) is 1.59. The lowest BCUT2D eigenvalue weighted by Gasteiger charge is -2.21. The standard InChI is InChI=1S/C15H15NO4/c1-8-4-2-3-5-9(8)16-14(17)12-10-6-7-11(20-10)13(12)15(18)19/h2-7,10-13H,1H3,(H,16,17)(H,18,19)/t10-,11+,12-,13+/m1/s1. The Balaban J connectivity index is 1.82. The number of carbonyl (C=O) groups is 2. The second-order valence-corrected chi connectivity index (χ2v) is 5.14. The second-order valence-electron chi connectivity index (χ2n) is 5.14. The van der Waals surface area contributed by atoms with Gasteiger partial charge in [0.1, 0.15) is 5.92 Å². The van der Waals surface area contributed by atoms with Gasteiger partial charge in [-0.15, -0.1) is 0 Å². The smallest absolute Gasteiger partial charge is 0.310 e. The number of ether oxygens (including phenoxy) is 1. The van der Waals surface area contributed by atoms with Gasteiger partial charge >= 0.3 is 5.97 Å². The maximum Gasteiger partial charge on any atom is 0.310 e. The molecule has 1 aromatic rings. The monoisotopic (exact) mass is 273 g/mol. The van der Waals surface area contributed by atoms with Crippen LogP contribution in [0.1, 0.15) is 5.56 Å². The Hall–Kier alpha value is -2.14. The number of amides is 1. The number of aliphatic carboxylic acids is 1. The largest absolute Gasteiger partial charge is 0.481 e. The van der Waals surface area contributed by atoms with Crippen LogP contribution in [0, 0.1) is 18.8 Å². The van der Waals surface area contributed by atoms with Gasteiger partial charge < -0.3 is 15.2 Å². The number of hydrogen-bond acceptors (Lipinski definition) is 3. The van der Waals surface area contributed by atoms with E-state index in [9.17, 15) is 14.7 Å². The van der Waals surface area contributed by atoms with E-state index in [1.165, 1.54) is 0 Å². The minimum atomic E-state index is -0.994. The summed E-state index contributed by atoms with van der Waals surface area (Å²) in [4.78, 5) is 23.7. The lowest BCUT2D eigenvalue weighted by molar-refractivity contribution is -0.145. The average Bonchev–Trinajstić information content (AvgIpc) is 3.01. The molecule has 20 heavy (non-hydrogen) atoms. The van der Waals surface area contributed by atoms with Crippen molar-refractivity contribution in [1.82, 2.24) is 0 Å². The van der Waals surface area contributed by atoms with E-state index < -0.39 is 30.0 Å². The molecular formula is C15H15NO4. The first-order chi connectivity index (χ1) is 9.58. The lowest BCUT2D eigenvalue weighted by Crippen LogP contribution is -2.39. The van der Waals surface area contributed by atoms with Crippen LogP contribution in [0.3, 0.4) is 0 Å². The number of para-hydroxylation sites is 1. The number of fused-ring (bicyclic) bond motifs is 2. The van der Waals surface area contributed by atoms with E-state index >= 15 is 0 Å². The summed E-state index contributed by atoms with van der Waals surface area (Å²) in [7, 11) is 0. The van der Waals surface area contributed by atoms with E-state index in [2.05, 4.69) is 5.32 Å². The number of benzene rings is 1. The van der Waals surface area contributed by atoms with Crippen LogP contribution < -0.4 is 5.32 Å². The third-order valence-electron chi connectivity index (χ3n) is 3.89. The Bertz CT molecular complexity index is 595. The van der Waals surface area contributed by atoms with Gasteiger partial charge in [-0.05, 0) is 18.6 Å². The molecule has 0 unspecified atom stereocenters. The Morgan fingerprint density at radius 1 is 1.15 bits per heavy atom. The van der Waals surface area contributed by atoms with E-state index in [-0.39, 0.29) is 5.91 Å². The van der Waals surface area contributed by atoms with Crippen molar-refractivity contribution in [2.75, 3.05) is 5.32 Å². The molecule has 3 rings (SSSR count). The maximum atomic E-state index is 12.4. The summed E-state index contributed by atoms with van der Waals surface area (Å²) < 4.78 is 5.50. The van der Waals surface area contributed by atoms with Crippen LogP contribution in [0.15, 0.2) is 36.4 Å². The summed E-state index contributed by atoms with van der Waals surface area (Å²) in [5.74, 6) is -2.79. The Morgan fingerprint density at radius 3 is 2.45 bits per heavy atom. The van der Waals surface area contributed by atoms with Crippen molar-refractivity contribution >= 4 is 17.6 Å². The molecular weight excluding hydrogens is 258 g/mol. The molecule has 104 valence electrons. The van der Waals surface area contributed by atoms with Crippen LogP contribution >= 0.6 is 0 Å². The number of carbonyl (C=O) groups excluding carboxylic acids is 1. The molecule has 1 aromatic carbocycles. The second kappa shape index (κ2) is 4.76. The first kappa shape index (κ1) is 12.9. The van der Waals surface area contributed by atoms with Crippen LogP contribution in [-0.4, -0.2) is 29.2 Å². The third kappa shape index (κ3) is 2.00. The molecule has 2 heterocycles. The Labute approximate surface area is 116 Å². The SMILES string of the molecule is Cc1ccccc1NC(=O)[C@H]1[C@@H](C(=O)O)[C@@H]2C=C[C@H]1O2. The van der Waals surface area contributed by atoms with Gasteiger partial charge in [0, 0.05) is 5.69 Å². The quantitative estimate of drug-likeness (QED) is 0.820. The number of nitrogens with one attached hydrogen (secondary N) is 1. The van der Waals surface area contributed by atoms with Gasteiger partial charge in [-0.3, -0.25) is 9.59 Å². The molecule has 5 heteroatoms. The molecule has 0 radical (unpaired) electrons. The van der Waals surface area contributed by atoms with Crippen LogP contribution in [0.2, 0.25) is 0 Å². The molecule has 0 saturated carbocycles. The number of carboxylic acids is 1. The molecule has 0 aliphatic carbocycles. The van der Waals surface area contributed by atoms with Crippen LogP contribution in [-0.2, 0) is 14.3 Å². The zero-order chi connectivity index (χ0) is 14.3. The van der Waals surface area contributed by atoms with E-state index in [4.69, 9.17) is 4.74 Å². The van der Waals surface area contributed by atoms with Gasteiger partial charge in [0.2, 0.25) is 5.91 Å². The van der Waals surface area contributed by atoms with E-state index in [1.807, 2.05) is 25.1 Å². The van der Waals surface area contributed by atoms with Crippen molar-refractivity contribution in [1.29, 1.82) is 0 Å². The summed E-state index contributed by atoms with van der Waals surface area (Å²) in [6.45, 7) is 1.89. The molecule has 4 atom stereocenters. The zero-order valence-electron chi connectivity index (χ0n) is 10.9. The van der Waals surface area contributed by atoms with Crippen molar-refractivity contribution in [2.24, 2.45) is 11.8 Å². The molecule has 1 saturated heterocycles. The fourth-order valence-electron chi connectivity index (χ4n) is 2.84. The predicted molar refractivity (Wildman–Crippen MR) is 72.2 cm³/mol. The normalized spacial score (nSPS) is 30.4. The van der Waals surface area contributed by atoms with Crippen molar-refractivity contribution in [3.8, 4) is 0 Å². The number of anilines is 1. The van der Waals surface area contributed by atoms with E-state index in [0.29, 0.717) is 5.69 Å². The molecule has 1 amide bonds. The number of aryl methyl sites for hydroxylation is 1. The Morgan fingerprint density at radius 2 is 1.80 bits per heavy atom. The zero-order valence-corrected chi connectivity index (χ0v) is 10.9. The number of rotatable bonds is 3. The van der Waals surface area contributed by atoms with Crippen molar-refractivity contribution in [2.45, 2.75) is 19.1 Å². The van der Waals surface area contributed by atoms with Gasteiger partial charge in [-0.2, -0.15) is 0 Å². The van der Waals surface area contributed by atoms with Crippen LogP contribution in [0.4, 0.5) is 5.69 Å². The molecule has 2 bridgehead atoms. The fourth-order valence-corrected chi connectivity index (χ4v) is 2.84. The third-order valence-corrected chi connectivity index (χ3v) is 3.89. The van der Waals surface area contributed by atoms with Gasteiger partial charge in [-0.25, -0.2) is 0 Å². The highest BCUT2D eigenvalue weighted by Crippen LogP contribution is 2.39. The first-order valence-electron chi connectivity index (χ1n) is 6.51. The van der Waals surface area contributed by atoms with Gasteiger partial charge in [0.25, 0.3) is 0 Å². The molecule has 2 aliphatic rings. The summed E-state index contributed by atoms with van der Waals surface area (Å²) in [5, 5.41) is 12.1.